The summed E-state index contributed by atoms with van der Waals surface area (Å²) in [6.07, 6.45) is 1.81. The fraction of sp³-hybridized carbons (Fsp3) is 0.440. The molecule has 2 atom stereocenters. The van der Waals surface area contributed by atoms with E-state index in [2.05, 4.69) is 5.32 Å². The lowest BCUT2D eigenvalue weighted by Crippen LogP contribution is -2.53. The number of nitrogens with zero attached hydrogens (tertiary/aromatic N) is 3. The molecule has 0 bridgehead atoms. The van der Waals surface area contributed by atoms with Gasteiger partial charge in [-0.05, 0) is 49.9 Å². The van der Waals surface area contributed by atoms with E-state index in [1.165, 1.54) is 41.3 Å². The maximum Gasteiger partial charge on any atom is 0.271 e. The van der Waals surface area contributed by atoms with Crippen molar-refractivity contribution in [1.29, 1.82) is 0 Å². The predicted molar refractivity (Wildman–Crippen MR) is 139 cm³/mol. The molecule has 0 saturated carbocycles. The number of rotatable bonds is 12. The van der Waals surface area contributed by atoms with Crippen LogP contribution in [0.2, 0.25) is 0 Å². The van der Waals surface area contributed by atoms with Gasteiger partial charge in [-0.15, -0.1) is 0 Å². The van der Waals surface area contributed by atoms with E-state index >= 15 is 0 Å². The first-order valence-corrected chi connectivity index (χ1v) is 13.7. The van der Waals surface area contributed by atoms with E-state index in [1.807, 2.05) is 13.8 Å². The van der Waals surface area contributed by atoms with E-state index in [1.54, 1.807) is 13.8 Å². The maximum absolute atomic E-state index is 13.7. The van der Waals surface area contributed by atoms with E-state index in [0.717, 1.165) is 16.6 Å². The van der Waals surface area contributed by atoms with Gasteiger partial charge in [-0.25, -0.2) is 12.8 Å². The zero-order valence-electron chi connectivity index (χ0n) is 21.6. The third-order valence-electron chi connectivity index (χ3n) is 6.00. The second-order valence-electron chi connectivity index (χ2n) is 8.89. The molecule has 0 saturated heterocycles. The Labute approximate surface area is 216 Å². The second-order valence-corrected chi connectivity index (χ2v) is 10.8. The van der Waals surface area contributed by atoms with Crippen molar-refractivity contribution in [2.75, 3.05) is 17.1 Å². The van der Waals surface area contributed by atoms with Crippen LogP contribution in [-0.4, -0.2) is 54.9 Å². The molecule has 10 nitrogen and oxygen atoms in total. The molecule has 0 heterocycles. The Morgan fingerprint density at radius 2 is 1.73 bits per heavy atom. The number of halogens is 1. The van der Waals surface area contributed by atoms with Crippen molar-refractivity contribution >= 4 is 33.2 Å². The summed E-state index contributed by atoms with van der Waals surface area (Å²) in [7, 11) is -4.05. The monoisotopic (exact) mass is 536 g/mol. The van der Waals surface area contributed by atoms with Gasteiger partial charge in [-0.3, -0.25) is 24.0 Å². The molecule has 0 aliphatic heterocycles. The number of hydrogen-bond acceptors (Lipinski definition) is 6. The van der Waals surface area contributed by atoms with Gasteiger partial charge in [-0.1, -0.05) is 32.0 Å². The number of amides is 2. The number of aryl methyl sites for hydroxylation is 1. The zero-order chi connectivity index (χ0) is 27.9. The predicted octanol–water partition coefficient (Wildman–Crippen LogP) is 3.53. The van der Waals surface area contributed by atoms with E-state index in [0.29, 0.717) is 17.5 Å². The minimum Gasteiger partial charge on any atom is -0.352 e. The topological polar surface area (TPSA) is 130 Å². The molecule has 0 spiro atoms. The third-order valence-corrected chi connectivity index (χ3v) is 7.13. The van der Waals surface area contributed by atoms with Crippen LogP contribution in [0.5, 0.6) is 0 Å². The molecule has 0 radical (unpaired) electrons. The van der Waals surface area contributed by atoms with Crippen molar-refractivity contribution in [3.05, 3.63) is 69.5 Å². The molecule has 0 aliphatic carbocycles. The number of nitrogens with one attached hydrogen (secondary N) is 1. The van der Waals surface area contributed by atoms with Crippen LogP contribution in [0, 0.1) is 22.9 Å². The molecule has 12 heteroatoms. The number of carbonyl (C=O) groups excluding carboxylic acids is 2. The highest BCUT2D eigenvalue weighted by Crippen LogP contribution is 2.28. The number of non-ortho nitro benzene ring substituents is 1. The van der Waals surface area contributed by atoms with Crippen LogP contribution in [0.3, 0.4) is 0 Å². The van der Waals surface area contributed by atoms with Gasteiger partial charge >= 0.3 is 0 Å². The lowest BCUT2D eigenvalue weighted by atomic mass is 10.1. The molecule has 2 amide bonds. The molecular formula is C25H33FN4O6S. The first kappa shape index (κ1) is 29.7. The van der Waals surface area contributed by atoms with Crippen LogP contribution in [0.15, 0.2) is 42.5 Å². The zero-order valence-corrected chi connectivity index (χ0v) is 22.4. The van der Waals surface area contributed by atoms with Gasteiger partial charge in [0.25, 0.3) is 5.69 Å². The maximum atomic E-state index is 13.7. The second kappa shape index (κ2) is 12.6. The minimum absolute atomic E-state index is 0.0103. The Hall–Kier alpha value is -3.54. The van der Waals surface area contributed by atoms with Crippen molar-refractivity contribution in [3.63, 3.8) is 0 Å². The molecule has 202 valence electrons. The van der Waals surface area contributed by atoms with Crippen molar-refractivity contribution in [3.8, 4) is 0 Å². The average Bonchev–Trinajstić information content (AvgIpc) is 2.83. The molecule has 0 aromatic heterocycles. The van der Waals surface area contributed by atoms with Gasteiger partial charge in [-0.2, -0.15) is 0 Å². The smallest absolute Gasteiger partial charge is 0.271 e. The van der Waals surface area contributed by atoms with Crippen LogP contribution >= 0.6 is 0 Å². The van der Waals surface area contributed by atoms with Gasteiger partial charge in [0.1, 0.15) is 18.4 Å². The van der Waals surface area contributed by atoms with Gasteiger partial charge < -0.3 is 10.2 Å². The molecule has 2 aromatic carbocycles. The van der Waals surface area contributed by atoms with Crippen LogP contribution in [0.4, 0.5) is 15.8 Å². The largest absolute Gasteiger partial charge is 0.352 e. The van der Waals surface area contributed by atoms with Crippen molar-refractivity contribution < 1.29 is 27.3 Å². The van der Waals surface area contributed by atoms with Gasteiger partial charge in [0.15, 0.2) is 0 Å². The summed E-state index contributed by atoms with van der Waals surface area (Å²) >= 11 is 0. The first-order chi connectivity index (χ1) is 17.3. The van der Waals surface area contributed by atoms with Crippen LogP contribution in [0.25, 0.3) is 0 Å². The molecule has 37 heavy (non-hydrogen) atoms. The first-order valence-electron chi connectivity index (χ1n) is 11.8. The molecule has 0 unspecified atom stereocenters. The Morgan fingerprint density at radius 3 is 2.24 bits per heavy atom. The van der Waals surface area contributed by atoms with Gasteiger partial charge in [0.2, 0.25) is 21.8 Å². The number of carbonyl (C=O) groups is 2. The summed E-state index contributed by atoms with van der Waals surface area (Å²) < 4.78 is 39.8. The summed E-state index contributed by atoms with van der Waals surface area (Å²) in [6.45, 7) is 6.27. The lowest BCUT2D eigenvalue weighted by Gasteiger charge is -2.33. The summed E-state index contributed by atoms with van der Waals surface area (Å²) in [4.78, 5) is 38.7. The normalized spacial score (nSPS) is 12.9. The Balaban J connectivity index is 2.52. The van der Waals surface area contributed by atoms with Crippen molar-refractivity contribution in [2.45, 2.75) is 59.2 Å². The molecule has 1 N–H and O–H groups in total. The lowest BCUT2D eigenvalue weighted by molar-refractivity contribution is -0.384. The summed E-state index contributed by atoms with van der Waals surface area (Å²) in [5.41, 5.74) is 0.616. The number of nitro groups is 1. The van der Waals surface area contributed by atoms with E-state index in [9.17, 15) is 32.5 Å². The average molecular weight is 537 g/mol. The number of nitro benzene ring substituents is 1. The Kier molecular flexibility index (Phi) is 10.1. The minimum atomic E-state index is -4.05. The Bertz CT molecular complexity index is 1240. The number of benzene rings is 2. The Morgan fingerprint density at radius 1 is 1.11 bits per heavy atom. The van der Waals surface area contributed by atoms with Crippen molar-refractivity contribution in [1.82, 2.24) is 10.2 Å². The summed E-state index contributed by atoms with van der Waals surface area (Å²) in [6, 6.07) is 8.09. The summed E-state index contributed by atoms with van der Waals surface area (Å²) in [5, 5.41) is 14.2. The number of hydrogen-bond donors (Lipinski definition) is 1. The van der Waals surface area contributed by atoms with Gasteiger partial charge in [0.05, 0.1) is 16.9 Å². The highest BCUT2D eigenvalue weighted by molar-refractivity contribution is 7.92. The standard InChI is InChI=1S/C25H33FN4O6S/c1-6-18(4)27-25(32)22(7-2)28(15-19-9-11-20(26)12-10-19)24(31)16-29(37(5,35)36)23-14-21(30(33)34)13-8-17(23)3/h8-14,18,22H,6-7,15-16H2,1-5H3,(H,27,32)/t18-,22-/m1/s1. The van der Waals surface area contributed by atoms with E-state index in [4.69, 9.17) is 0 Å². The summed E-state index contributed by atoms with van der Waals surface area (Å²) in [5.74, 6) is -1.55. The number of sulfonamides is 1. The highest BCUT2D eigenvalue weighted by Gasteiger charge is 2.33. The fourth-order valence-corrected chi connectivity index (χ4v) is 4.62. The molecular weight excluding hydrogens is 503 g/mol. The molecule has 0 fully saturated rings. The fourth-order valence-electron chi connectivity index (χ4n) is 3.72. The van der Waals surface area contributed by atoms with Crippen molar-refractivity contribution in [2.24, 2.45) is 0 Å². The molecule has 2 rings (SSSR count). The van der Waals surface area contributed by atoms with E-state index in [-0.39, 0.29) is 30.4 Å². The molecule has 0 aliphatic rings. The molecule has 2 aromatic rings. The van der Waals surface area contributed by atoms with Crippen LogP contribution < -0.4 is 9.62 Å². The number of anilines is 1. The van der Waals surface area contributed by atoms with Crippen LogP contribution in [-0.2, 0) is 26.2 Å². The highest BCUT2D eigenvalue weighted by atomic mass is 32.2. The van der Waals surface area contributed by atoms with E-state index < -0.39 is 45.2 Å². The quantitative estimate of drug-likeness (QED) is 0.326. The van der Waals surface area contributed by atoms with Gasteiger partial charge in [0, 0.05) is 24.7 Å². The van der Waals surface area contributed by atoms with Crippen LogP contribution in [0.1, 0.15) is 44.7 Å². The SMILES string of the molecule is CC[C@@H](C)NC(=O)[C@@H](CC)N(Cc1ccc(F)cc1)C(=O)CN(c1cc([N+](=O)[O-])ccc1C)S(C)(=O)=O. The third kappa shape index (κ3) is 7.97.